The molecule has 0 N–H and O–H groups in total. The van der Waals surface area contributed by atoms with Gasteiger partial charge in [0.05, 0.1) is 5.69 Å². The van der Waals surface area contributed by atoms with Crippen molar-refractivity contribution in [3.8, 4) is 11.5 Å². The first-order valence-electron chi connectivity index (χ1n) is 9.15. The summed E-state index contributed by atoms with van der Waals surface area (Å²) in [6.45, 7) is 2.15. The average molecular weight is 372 g/mol. The van der Waals surface area contributed by atoms with Crippen LogP contribution in [0, 0.1) is 0 Å². The van der Waals surface area contributed by atoms with Gasteiger partial charge in [-0.3, -0.25) is 4.79 Å². The summed E-state index contributed by atoms with van der Waals surface area (Å²) in [6, 6.07) is 25.2. The summed E-state index contributed by atoms with van der Waals surface area (Å²) in [6.07, 6.45) is 0. The van der Waals surface area contributed by atoms with E-state index in [0.29, 0.717) is 23.7 Å². The van der Waals surface area contributed by atoms with Crippen molar-refractivity contribution in [2.45, 2.75) is 19.5 Å². The van der Waals surface area contributed by atoms with Gasteiger partial charge in [0.15, 0.2) is 0 Å². The summed E-state index contributed by atoms with van der Waals surface area (Å²) in [4.78, 5) is 28.6. The van der Waals surface area contributed by atoms with Crippen molar-refractivity contribution in [1.29, 1.82) is 0 Å². The first kappa shape index (κ1) is 17.8. The van der Waals surface area contributed by atoms with E-state index in [9.17, 15) is 9.59 Å². The van der Waals surface area contributed by atoms with Gasteiger partial charge in [-0.25, -0.2) is 9.69 Å². The number of hydrogen-bond acceptors (Lipinski definition) is 3. The molecule has 3 aromatic carbocycles. The lowest BCUT2D eigenvalue weighted by molar-refractivity contribution is -0.119. The monoisotopic (exact) mass is 372 g/mol. The second-order valence-electron chi connectivity index (χ2n) is 6.66. The number of anilines is 1. The fourth-order valence-corrected chi connectivity index (χ4v) is 3.24. The van der Waals surface area contributed by atoms with Crippen LogP contribution in [0.25, 0.3) is 0 Å². The molecule has 3 amide bonds. The number of benzene rings is 3. The zero-order valence-electron chi connectivity index (χ0n) is 15.5. The lowest BCUT2D eigenvalue weighted by atomic mass is 10.2. The number of imide groups is 1. The summed E-state index contributed by atoms with van der Waals surface area (Å²) >= 11 is 0. The molecule has 28 heavy (non-hydrogen) atoms. The van der Waals surface area contributed by atoms with E-state index in [1.54, 1.807) is 36.1 Å². The summed E-state index contributed by atoms with van der Waals surface area (Å²) in [7, 11) is 0. The van der Waals surface area contributed by atoms with Gasteiger partial charge in [0.1, 0.15) is 17.5 Å². The molecule has 0 spiro atoms. The molecular weight excluding hydrogens is 352 g/mol. The fourth-order valence-electron chi connectivity index (χ4n) is 3.24. The minimum atomic E-state index is -0.522. The number of urea groups is 1. The molecule has 140 valence electrons. The highest BCUT2D eigenvalue weighted by molar-refractivity contribution is 6.21. The van der Waals surface area contributed by atoms with Crippen LogP contribution in [-0.4, -0.2) is 22.9 Å². The molecule has 1 aliphatic heterocycles. The van der Waals surface area contributed by atoms with Gasteiger partial charge in [0, 0.05) is 12.6 Å². The standard InChI is InChI=1S/C23H20N2O3/c1-17-22(26)25(23(27)24(17)16-18-9-4-2-5-10-18)19-11-8-14-21(15-19)28-20-12-6-3-7-13-20/h2-15,17H,16H2,1H3. The van der Waals surface area contributed by atoms with Gasteiger partial charge in [-0.2, -0.15) is 0 Å². The van der Waals surface area contributed by atoms with Crippen LogP contribution >= 0.6 is 0 Å². The first-order valence-corrected chi connectivity index (χ1v) is 9.15. The van der Waals surface area contributed by atoms with E-state index < -0.39 is 6.04 Å². The minimum Gasteiger partial charge on any atom is -0.457 e. The molecule has 1 atom stereocenters. The molecule has 1 unspecified atom stereocenters. The maximum absolute atomic E-state index is 13.0. The largest absolute Gasteiger partial charge is 0.457 e. The lowest BCUT2D eigenvalue weighted by Gasteiger charge is -2.19. The van der Waals surface area contributed by atoms with Crippen molar-refractivity contribution in [2.75, 3.05) is 4.90 Å². The molecule has 0 radical (unpaired) electrons. The van der Waals surface area contributed by atoms with Crippen LogP contribution in [0.5, 0.6) is 11.5 Å². The normalized spacial score (nSPS) is 16.5. The predicted molar refractivity (Wildman–Crippen MR) is 107 cm³/mol. The van der Waals surface area contributed by atoms with Gasteiger partial charge in [-0.15, -0.1) is 0 Å². The van der Waals surface area contributed by atoms with E-state index >= 15 is 0 Å². The maximum Gasteiger partial charge on any atom is 0.332 e. The number of amides is 3. The molecule has 1 fully saturated rings. The molecular formula is C23H20N2O3. The highest BCUT2D eigenvalue weighted by Crippen LogP contribution is 2.30. The first-order chi connectivity index (χ1) is 13.6. The van der Waals surface area contributed by atoms with Crippen molar-refractivity contribution < 1.29 is 14.3 Å². The number of nitrogens with zero attached hydrogens (tertiary/aromatic N) is 2. The number of rotatable bonds is 5. The Hall–Kier alpha value is -3.60. The number of carbonyl (C=O) groups excluding carboxylic acids is 2. The Labute approximate surface area is 163 Å². The van der Waals surface area contributed by atoms with Crippen molar-refractivity contribution in [1.82, 2.24) is 4.90 Å². The molecule has 0 aliphatic carbocycles. The average Bonchev–Trinajstić information content (AvgIpc) is 2.93. The smallest absolute Gasteiger partial charge is 0.332 e. The molecule has 4 rings (SSSR count). The lowest BCUT2D eigenvalue weighted by Crippen LogP contribution is -2.33. The SMILES string of the molecule is CC1C(=O)N(c2cccc(Oc3ccccc3)c2)C(=O)N1Cc1ccccc1. The summed E-state index contributed by atoms with van der Waals surface area (Å²) in [5.74, 6) is 1.02. The van der Waals surface area contributed by atoms with E-state index in [-0.39, 0.29) is 11.9 Å². The Balaban J connectivity index is 1.57. The summed E-state index contributed by atoms with van der Waals surface area (Å²) in [5.41, 5.74) is 1.49. The van der Waals surface area contributed by atoms with Gasteiger partial charge in [0.2, 0.25) is 0 Å². The third-order valence-corrected chi connectivity index (χ3v) is 4.73. The Morgan fingerprint density at radius 1 is 0.821 bits per heavy atom. The summed E-state index contributed by atoms with van der Waals surface area (Å²) < 4.78 is 5.84. The predicted octanol–water partition coefficient (Wildman–Crippen LogP) is 4.84. The molecule has 1 heterocycles. The zero-order chi connectivity index (χ0) is 19.5. The van der Waals surface area contributed by atoms with Crippen LogP contribution in [0.1, 0.15) is 12.5 Å². The number of carbonyl (C=O) groups is 2. The maximum atomic E-state index is 13.0. The van der Waals surface area contributed by atoms with Gasteiger partial charge < -0.3 is 9.64 Å². The quantitative estimate of drug-likeness (QED) is 0.603. The Kier molecular flexibility index (Phi) is 4.81. The van der Waals surface area contributed by atoms with Crippen LogP contribution in [0.3, 0.4) is 0 Å². The van der Waals surface area contributed by atoms with E-state index in [4.69, 9.17) is 4.74 Å². The van der Waals surface area contributed by atoms with Gasteiger partial charge in [-0.05, 0) is 36.8 Å². The Bertz CT molecular complexity index is 989. The van der Waals surface area contributed by atoms with E-state index in [0.717, 1.165) is 5.56 Å². The van der Waals surface area contributed by atoms with Crippen molar-refractivity contribution >= 4 is 17.6 Å². The second kappa shape index (κ2) is 7.56. The zero-order valence-corrected chi connectivity index (χ0v) is 15.5. The van der Waals surface area contributed by atoms with Gasteiger partial charge in [-0.1, -0.05) is 54.6 Å². The van der Waals surface area contributed by atoms with Crippen LogP contribution in [-0.2, 0) is 11.3 Å². The fraction of sp³-hybridized carbons (Fsp3) is 0.130. The second-order valence-corrected chi connectivity index (χ2v) is 6.66. The molecule has 0 aromatic heterocycles. The van der Waals surface area contributed by atoms with E-state index in [1.165, 1.54) is 4.90 Å². The number of ether oxygens (including phenoxy) is 1. The van der Waals surface area contributed by atoms with Crippen molar-refractivity contribution in [2.24, 2.45) is 0 Å². The number of hydrogen-bond donors (Lipinski definition) is 0. The summed E-state index contributed by atoms with van der Waals surface area (Å²) in [5, 5.41) is 0. The van der Waals surface area contributed by atoms with Crippen LogP contribution in [0.15, 0.2) is 84.9 Å². The minimum absolute atomic E-state index is 0.238. The van der Waals surface area contributed by atoms with Crippen LogP contribution < -0.4 is 9.64 Å². The van der Waals surface area contributed by atoms with Gasteiger partial charge >= 0.3 is 6.03 Å². The Morgan fingerprint density at radius 3 is 2.18 bits per heavy atom. The molecule has 1 aliphatic rings. The van der Waals surface area contributed by atoms with Gasteiger partial charge in [0.25, 0.3) is 5.91 Å². The molecule has 5 heteroatoms. The highest BCUT2D eigenvalue weighted by atomic mass is 16.5. The number of para-hydroxylation sites is 1. The van der Waals surface area contributed by atoms with E-state index in [1.807, 2.05) is 60.7 Å². The molecule has 5 nitrogen and oxygen atoms in total. The highest BCUT2D eigenvalue weighted by Gasteiger charge is 2.43. The molecule has 1 saturated heterocycles. The van der Waals surface area contributed by atoms with Crippen molar-refractivity contribution in [3.63, 3.8) is 0 Å². The van der Waals surface area contributed by atoms with E-state index in [2.05, 4.69) is 0 Å². The van der Waals surface area contributed by atoms with Crippen LogP contribution in [0.2, 0.25) is 0 Å². The molecule has 3 aromatic rings. The Morgan fingerprint density at radius 2 is 1.46 bits per heavy atom. The van der Waals surface area contributed by atoms with Crippen molar-refractivity contribution in [3.05, 3.63) is 90.5 Å². The third kappa shape index (κ3) is 3.47. The topological polar surface area (TPSA) is 49.9 Å². The third-order valence-electron chi connectivity index (χ3n) is 4.73. The molecule has 0 saturated carbocycles. The molecule has 0 bridgehead atoms. The van der Waals surface area contributed by atoms with Crippen LogP contribution in [0.4, 0.5) is 10.5 Å².